The van der Waals surface area contributed by atoms with Gasteiger partial charge in [-0.25, -0.2) is 14.8 Å². The van der Waals surface area contributed by atoms with E-state index in [1.807, 2.05) is 23.6 Å². The predicted octanol–water partition coefficient (Wildman–Crippen LogP) is 3.06. The van der Waals surface area contributed by atoms with Crippen LogP contribution in [0.2, 0.25) is 0 Å². The van der Waals surface area contributed by atoms with Gasteiger partial charge in [-0.15, -0.1) is 11.3 Å². The van der Waals surface area contributed by atoms with Crippen LogP contribution in [0.5, 0.6) is 0 Å². The van der Waals surface area contributed by atoms with Crippen molar-refractivity contribution in [1.29, 1.82) is 0 Å². The summed E-state index contributed by atoms with van der Waals surface area (Å²) in [7, 11) is 1.62. The number of nitrogens with zero attached hydrogens (tertiary/aromatic N) is 3. The number of carbonyl (C=O) groups excluding carboxylic acids is 1. The Hall–Kier alpha value is -2.58. The highest BCUT2D eigenvalue weighted by Gasteiger charge is 2.19. The number of aromatic nitrogens is 3. The smallest absolute Gasteiger partial charge is 0.358 e. The number of thiophene rings is 1. The van der Waals surface area contributed by atoms with Crippen LogP contribution in [-0.4, -0.2) is 41.2 Å². The SMILES string of the molecule is CCOC(=O)c1nc(NC(COC)c2cccnc2)nc2ccsc12. The third-order valence-corrected chi connectivity index (χ3v) is 4.41. The molecule has 1 atom stereocenters. The summed E-state index contributed by atoms with van der Waals surface area (Å²) in [4.78, 5) is 25.2. The molecule has 0 fully saturated rings. The van der Waals surface area contributed by atoms with E-state index in [0.29, 0.717) is 29.4 Å². The molecule has 0 saturated carbocycles. The molecule has 0 aliphatic rings. The molecule has 0 radical (unpaired) electrons. The van der Waals surface area contributed by atoms with Crippen LogP contribution >= 0.6 is 11.3 Å². The number of rotatable bonds is 7. The van der Waals surface area contributed by atoms with E-state index in [0.717, 1.165) is 5.56 Å². The Labute approximate surface area is 149 Å². The molecule has 3 aromatic heterocycles. The van der Waals surface area contributed by atoms with E-state index < -0.39 is 5.97 Å². The van der Waals surface area contributed by atoms with Crippen LogP contribution in [0.15, 0.2) is 36.0 Å². The standard InChI is InChI=1S/C17H18N4O3S/c1-3-24-16(22)14-15-12(6-8-25-15)19-17(21-14)20-13(10-23-2)11-5-4-7-18-9-11/h4-9,13H,3,10H2,1-2H3,(H,19,20,21). The van der Waals surface area contributed by atoms with E-state index >= 15 is 0 Å². The highest BCUT2D eigenvalue weighted by Crippen LogP contribution is 2.26. The van der Waals surface area contributed by atoms with Crippen LogP contribution < -0.4 is 5.32 Å². The zero-order valence-electron chi connectivity index (χ0n) is 13.9. The number of esters is 1. The number of ether oxygens (including phenoxy) is 2. The molecular formula is C17H18N4O3S. The van der Waals surface area contributed by atoms with Crippen molar-refractivity contribution in [2.45, 2.75) is 13.0 Å². The van der Waals surface area contributed by atoms with Gasteiger partial charge in [0.05, 0.1) is 29.5 Å². The molecule has 0 aliphatic carbocycles. The zero-order chi connectivity index (χ0) is 17.6. The summed E-state index contributed by atoms with van der Waals surface area (Å²) in [6.45, 7) is 2.47. The zero-order valence-corrected chi connectivity index (χ0v) is 14.7. The molecular weight excluding hydrogens is 340 g/mol. The van der Waals surface area contributed by atoms with E-state index in [-0.39, 0.29) is 11.7 Å². The first kappa shape index (κ1) is 17.2. The minimum absolute atomic E-state index is 0.190. The molecule has 1 unspecified atom stereocenters. The molecule has 1 N–H and O–H groups in total. The molecule has 0 amide bonds. The van der Waals surface area contributed by atoms with Crippen LogP contribution in [-0.2, 0) is 9.47 Å². The van der Waals surface area contributed by atoms with Gasteiger partial charge in [0.2, 0.25) is 5.95 Å². The minimum Gasteiger partial charge on any atom is -0.461 e. The molecule has 0 spiro atoms. The topological polar surface area (TPSA) is 86.2 Å². The number of methoxy groups -OCH3 is 1. The Morgan fingerprint density at radius 2 is 2.24 bits per heavy atom. The van der Waals surface area contributed by atoms with Gasteiger partial charge in [-0.3, -0.25) is 4.98 Å². The van der Waals surface area contributed by atoms with Crippen molar-refractivity contribution < 1.29 is 14.3 Å². The Bertz CT molecular complexity index is 853. The van der Waals surface area contributed by atoms with Crippen LogP contribution in [0.25, 0.3) is 10.2 Å². The average molecular weight is 358 g/mol. The summed E-state index contributed by atoms with van der Waals surface area (Å²) in [6, 6.07) is 5.46. The molecule has 3 heterocycles. The molecule has 0 bridgehead atoms. The lowest BCUT2D eigenvalue weighted by Gasteiger charge is -2.18. The largest absolute Gasteiger partial charge is 0.461 e. The maximum Gasteiger partial charge on any atom is 0.358 e. The third kappa shape index (κ3) is 3.92. The van der Waals surface area contributed by atoms with Gasteiger partial charge in [0.1, 0.15) is 0 Å². The lowest BCUT2D eigenvalue weighted by atomic mass is 10.1. The summed E-state index contributed by atoms with van der Waals surface area (Å²) in [5, 5.41) is 5.10. The van der Waals surface area contributed by atoms with Crippen molar-refractivity contribution in [2.75, 3.05) is 25.6 Å². The fraction of sp³-hybridized carbons (Fsp3) is 0.294. The van der Waals surface area contributed by atoms with Gasteiger partial charge in [0.15, 0.2) is 5.69 Å². The molecule has 7 nitrogen and oxygen atoms in total. The van der Waals surface area contributed by atoms with E-state index in [9.17, 15) is 4.79 Å². The molecule has 130 valence electrons. The number of nitrogens with one attached hydrogen (secondary N) is 1. The fourth-order valence-electron chi connectivity index (χ4n) is 2.39. The van der Waals surface area contributed by atoms with Gasteiger partial charge in [0.25, 0.3) is 0 Å². The van der Waals surface area contributed by atoms with Crippen LogP contribution in [0.1, 0.15) is 29.0 Å². The lowest BCUT2D eigenvalue weighted by Crippen LogP contribution is -2.19. The molecule has 8 heteroatoms. The van der Waals surface area contributed by atoms with Crippen molar-refractivity contribution in [2.24, 2.45) is 0 Å². The molecule has 0 aromatic carbocycles. The monoisotopic (exact) mass is 358 g/mol. The second-order valence-corrected chi connectivity index (χ2v) is 6.11. The van der Waals surface area contributed by atoms with Crippen LogP contribution in [0, 0.1) is 0 Å². The molecule has 0 saturated heterocycles. The first-order valence-electron chi connectivity index (χ1n) is 7.80. The Balaban J connectivity index is 1.95. The Kier molecular flexibility index (Phi) is 5.52. The quantitative estimate of drug-likeness (QED) is 0.650. The van der Waals surface area contributed by atoms with E-state index in [4.69, 9.17) is 9.47 Å². The molecule has 0 aliphatic heterocycles. The highest BCUT2D eigenvalue weighted by atomic mass is 32.1. The minimum atomic E-state index is -0.454. The average Bonchev–Trinajstić information content (AvgIpc) is 3.10. The van der Waals surface area contributed by atoms with Crippen molar-refractivity contribution >= 4 is 33.5 Å². The molecule has 3 aromatic rings. The van der Waals surface area contributed by atoms with Gasteiger partial charge in [-0.2, -0.15) is 0 Å². The summed E-state index contributed by atoms with van der Waals surface area (Å²) < 4.78 is 11.1. The maximum absolute atomic E-state index is 12.2. The van der Waals surface area contributed by atoms with Crippen molar-refractivity contribution in [3.05, 3.63) is 47.2 Å². The van der Waals surface area contributed by atoms with E-state index in [1.54, 1.807) is 26.4 Å². The van der Waals surface area contributed by atoms with E-state index in [2.05, 4.69) is 20.3 Å². The number of pyridine rings is 1. The number of hydrogen-bond acceptors (Lipinski definition) is 8. The van der Waals surface area contributed by atoms with Crippen molar-refractivity contribution in [3.63, 3.8) is 0 Å². The van der Waals surface area contributed by atoms with Gasteiger partial charge in [-0.1, -0.05) is 6.07 Å². The normalized spacial score (nSPS) is 12.1. The van der Waals surface area contributed by atoms with Gasteiger partial charge >= 0.3 is 5.97 Å². The van der Waals surface area contributed by atoms with Crippen molar-refractivity contribution in [1.82, 2.24) is 15.0 Å². The number of hydrogen-bond donors (Lipinski definition) is 1. The number of fused-ring (bicyclic) bond motifs is 1. The van der Waals surface area contributed by atoms with Gasteiger partial charge in [-0.05, 0) is 30.0 Å². The molecule has 25 heavy (non-hydrogen) atoms. The van der Waals surface area contributed by atoms with Crippen LogP contribution in [0.4, 0.5) is 5.95 Å². The number of anilines is 1. The Morgan fingerprint density at radius 1 is 1.36 bits per heavy atom. The Morgan fingerprint density at radius 3 is 2.96 bits per heavy atom. The van der Waals surface area contributed by atoms with Gasteiger partial charge < -0.3 is 14.8 Å². The first-order chi connectivity index (χ1) is 12.2. The lowest BCUT2D eigenvalue weighted by molar-refractivity contribution is 0.0522. The fourth-order valence-corrected chi connectivity index (χ4v) is 3.20. The predicted molar refractivity (Wildman–Crippen MR) is 95.8 cm³/mol. The van der Waals surface area contributed by atoms with Crippen molar-refractivity contribution in [3.8, 4) is 0 Å². The summed E-state index contributed by atoms with van der Waals surface area (Å²) in [5.41, 5.74) is 1.91. The third-order valence-electron chi connectivity index (χ3n) is 3.50. The summed E-state index contributed by atoms with van der Waals surface area (Å²) >= 11 is 1.41. The molecule has 3 rings (SSSR count). The highest BCUT2D eigenvalue weighted by molar-refractivity contribution is 7.17. The summed E-state index contributed by atoms with van der Waals surface area (Å²) in [6.07, 6.45) is 3.46. The van der Waals surface area contributed by atoms with Gasteiger partial charge in [0, 0.05) is 19.5 Å². The van der Waals surface area contributed by atoms with E-state index in [1.165, 1.54) is 11.3 Å². The number of carbonyl (C=O) groups is 1. The summed E-state index contributed by atoms with van der Waals surface area (Å²) in [5.74, 6) is -0.107. The van der Waals surface area contributed by atoms with Crippen LogP contribution in [0.3, 0.4) is 0 Å². The second-order valence-electron chi connectivity index (χ2n) is 5.19. The second kappa shape index (κ2) is 8.00. The first-order valence-corrected chi connectivity index (χ1v) is 8.68. The maximum atomic E-state index is 12.2.